The van der Waals surface area contributed by atoms with Gasteiger partial charge in [0.05, 0.1) is 30.5 Å². The lowest BCUT2D eigenvalue weighted by Crippen LogP contribution is -2.52. The summed E-state index contributed by atoms with van der Waals surface area (Å²) in [7, 11) is 6.69. The summed E-state index contributed by atoms with van der Waals surface area (Å²) in [4.78, 5) is 34.1. The highest BCUT2D eigenvalue weighted by atomic mass is 33.1. The van der Waals surface area contributed by atoms with Crippen LogP contribution in [0.5, 0.6) is 0 Å². The third kappa shape index (κ3) is 18.9. The van der Waals surface area contributed by atoms with Crippen molar-refractivity contribution >= 4 is 54.9 Å². The zero-order valence-corrected chi connectivity index (χ0v) is 46.7. The molecule has 0 fully saturated rings. The fourth-order valence-corrected chi connectivity index (χ4v) is 11.5. The number of ketones is 1. The number of Topliss-reactive ketones (excluding diaryl/α,β-unsaturated/α-hetero) is 1. The molecule has 0 radical (unpaired) electrons. The van der Waals surface area contributed by atoms with E-state index in [1.807, 2.05) is 32.0 Å². The van der Waals surface area contributed by atoms with Crippen LogP contribution in [-0.4, -0.2) is 82.2 Å². The van der Waals surface area contributed by atoms with Crippen LogP contribution in [0.2, 0.25) is 0 Å². The number of nitrogens with zero attached hydrogens (tertiary/aromatic N) is 1. The lowest BCUT2D eigenvalue weighted by Gasteiger charge is -2.52. The Morgan fingerprint density at radius 1 is 0.812 bits per heavy atom. The van der Waals surface area contributed by atoms with Crippen molar-refractivity contribution in [1.82, 2.24) is 4.98 Å². The SMILES string of the molecule is C=C(OCCSSCCN)C(CC(C)(N)C(C)C)C(C)(C)C(C)(C)CC(C(=O)C(C)(C)OCC(C)(C)O)C(C)C(C)(C)CC(C(=O)OCCSSc1ccccn1)C(C)(C)C(C)CC. The summed E-state index contributed by atoms with van der Waals surface area (Å²) in [5, 5.41) is 11.6. The van der Waals surface area contributed by atoms with Crippen molar-refractivity contribution < 1.29 is 28.9 Å². The molecule has 0 aliphatic carbocycles. The van der Waals surface area contributed by atoms with E-state index < -0.39 is 44.8 Å². The number of pyridine rings is 1. The minimum Gasteiger partial charge on any atom is -0.497 e. The highest BCUT2D eigenvalue weighted by Crippen LogP contribution is 2.56. The molecule has 372 valence electrons. The van der Waals surface area contributed by atoms with Crippen molar-refractivity contribution in [2.75, 3.05) is 43.6 Å². The van der Waals surface area contributed by atoms with Gasteiger partial charge in [-0.05, 0) is 116 Å². The van der Waals surface area contributed by atoms with Crippen molar-refractivity contribution in [2.45, 2.75) is 172 Å². The lowest BCUT2D eigenvalue weighted by molar-refractivity contribution is -0.160. The maximum Gasteiger partial charge on any atom is 0.309 e. The van der Waals surface area contributed by atoms with Gasteiger partial charge in [0.1, 0.15) is 17.2 Å². The number of nitrogens with two attached hydrogens (primary N) is 2. The molecule has 0 amide bonds. The zero-order valence-electron chi connectivity index (χ0n) is 43.5. The number of carbonyl (C=O) groups is 2. The van der Waals surface area contributed by atoms with Gasteiger partial charge < -0.3 is 30.8 Å². The molecular weight excluding hydrogens is 879 g/mol. The van der Waals surface area contributed by atoms with Crippen LogP contribution < -0.4 is 11.5 Å². The molecule has 0 aromatic carbocycles. The van der Waals surface area contributed by atoms with Gasteiger partial charge in [-0.1, -0.05) is 141 Å². The van der Waals surface area contributed by atoms with Crippen molar-refractivity contribution in [3.8, 4) is 0 Å². The van der Waals surface area contributed by atoms with Crippen LogP contribution in [0.1, 0.15) is 150 Å². The topological polar surface area (TPSA) is 147 Å². The van der Waals surface area contributed by atoms with E-state index >= 15 is 4.79 Å². The van der Waals surface area contributed by atoms with Gasteiger partial charge in [-0.25, -0.2) is 4.98 Å². The highest BCUT2D eigenvalue weighted by Gasteiger charge is 2.53. The first-order valence-corrected chi connectivity index (χ1v) is 28.3. The molecule has 64 heavy (non-hydrogen) atoms. The molecule has 9 nitrogen and oxygen atoms in total. The van der Waals surface area contributed by atoms with Crippen LogP contribution in [0.3, 0.4) is 0 Å². The lowest BCUT2D eigenvalue weighted by atomic mass is 9.53. The first-order chi connectivity index (χ1) is 29.2. The van der Waals surface area contributed by atoms with E-state index in [1.54, 1.807) is 63.2 Å². The molecule has 6 unspecified atom stereocenters. The van der Waals surface area contributed by atoms with Crippen LogP contribution >= 0.6 is 43.2 Å². The highest BCUT2D eigenvalue weighted by molar-refractivity contribution is 8.77. The van der Waals surface area contributed by atoms with Gasteiger partial charge in [0.2, 0.25) is 0 Å². The molecule has 1 aromatic rings. The van der Waals surface area contributed by atoms with Gasteiger partial charge in [0.25, 0.3) is 0 Å². The predicted molar refractivity (Wildman–Crippen MR) is 279 cm³/mol. The van der Waals surface area contributed by atoms with E-state index in [2.05, 4.69) is 108 Å². The average Bonchev–Trinajstić information content (AvgIpc) is 3.20. The molecule has 6 atom stereocenters. The summed E-state index contributed by atoms with van der Waals surface area (Å²) >= 11 is 0. The average molecular weight is 973 g/mol. The molecule has 0 aliphatic rings. The normalized spacial score (nSPS) is 16.7. The number of hydrogen-bond acceptors (Lipinski definition) is 13. The Labute approximate surface area is 407 Å². The Morgan fingerprint density at radius 3 is 1.92 bits per heavy atom. The molecule has 0 bridgehead atoms. The number of allylic oxidation sites excluding steroid dienone is 1. The predicted octanol–water partition coefficient (Wildman–Crippen LogP) is 12.5. The van der Waals surface area contributed by atoms with E-state index in [-0.39, 0.29) is 47.4 Å². The number of carbonyl (C=O) groups excluding carboxylic acids is 2. The second-order valence-corrected chi connectivity index (χ2v) is 27.6. The Bertz CT molecular complexity index is 1560. The van der Waals surface area contributed by atoms with E-state index in [1.165, 1.54) is 0 Å². The Hall–Kier alpha value is -0.930. The number of ether oxygens (including phenoxy) is 3. The Morgan fingerprint density at radius 2 is 1.39 bits per heavy atom. The maximum atomic E-state index is 15.3. The summed E-state index contributed by atoms with van der Waals surface area (Å²) in [6, 6.07) is 5.83. The van der Waals surface area contributed by atoms with Gasteiger partial charge in [0, 0.05) is 47.4 Å². The maximum absolute atomic E-state index is 15.3. The summed E-state index contributed by atoms with van der Waals surface area (Å²) in [6.45, 7) is 43.9. The van der Waals surface area contributed by atoms with Gasteiger partial charge in [0.15, 0.2) is 5.78 Å². The summed E-state index contributed by atoms with van der Waals surface area (Å²) in [5.74, 6) is 2.06. The van der Waals surface area contributed by atoms with Crippen molar-refractivity contribution in [3.63, 3.8) is 0 Å². The minimum absolute atomic E-state index is 0.00726. The van der Waals surface area contributed by atoms with E-state index in [0.29, 0.717) is 50.5 Å². The van der Waals surface area contributed by atoms with Crippen molar-refractivity contribution in [3.05, 3.63) is 36.7 Å². The second kappa shape index (κ2) is 26.2. The molecule has 0 saturated heterocycles. The van der Waals surface area contributed by atoms with Gasteiger partial charge in [-0.15, -0.1) is 0 Å². The van der Waals surface area contributed by atoms with E-state index in [4.69, 9.17) is 25.7 Å². The first-order valence-electron chi connectivity index (χ1n) is 23.5. The molecule has 0 saturated carbocycles. The number of aromatic nitrogens is 1. The molecule has 13 heteroatoms. The summed E-state index contributed by atoms with van der Waals surface area (Å²) in [5.41, 5.74) is 8.19. The number of esters is 1. The summed E-state index contributed by atoms with van der Waals surface area (Å²) in [6.07, 6.45) is 4.42. The Balaban J connectivity index is 3.75. The van der Waals surface area contributed by atoms with Gasteiger partial charge in [-0.3, -0.25) is 9.59 Å². The first kappa shape index (κ1) is 61.1. The third-order valence-electron chi connectivity index (χ3n) is 15.0. The van der Waals surface area contributed by atoms with Crippen LogP contribution in [0.25, 0.3) is 0 Å². The smallest absolute Gasteiger partial charge is 0.309 e. The zero-order chi connectivity index (χ0) is 49.5. The largest absolute Gasteiger partial charge is 0.497 e. The second-order valence-electron chi connectivity index (χ2n) is 22.5. The Kier molecular flexibility index (Phi) is 25.0. The third-order valence-corrected chi connectivity index (χ3v) is 19.6. The van der Waals surface area contributed by atoms with Gasteiger partial charge in [-0.2, -0.15) is 0 Å². The van der Waals surface area contributed by atoms with E-state index in [9.17, 15) is 9.90 Å². The molecule has 1 rings (SSSR count). The standard InChI is InChI=1S/C51H93N3O6S4/c1-20-36(4)48(13,14)41(44(56)59-27-30-63-64-42-23-21-22-25-54-42)32-45(7,8)37(5)39(43(55)50(17,18)60-34-47(11,12)57)31-46(9,10)49(15,16)40(33-51(19,53)35(2)3)38(6)58-26-29-62-61-28-24-52/h21-23,25,35-37,39-41,57H,6,20,24,26-34,52-53H2,1-5,7-19H3. The molecule has 0 aliphatic heterocycles. The number of rotatable bonds is 33. The summed E-state index contributed by atoms with van der Waals surface area (Å²) < 4.78 is 18.9. The van der Waals surface area contributed by atoms with Crippen LogP contribution in [-0.2, 0) is 23.8 Å². The van der Waals surface area contributed by atoms with Crippen LogP contribution in [0, 0.1) is 57.2 Å². The molecule has 1 aromatic heterocycles. The quantitative estimate of drug-likeness (QED) is 0.0266. The minimum atomic E-state index is -1.20. The molecular formula is C51H93N3O6S4. The fourth-order valence-electron chi connectivity index (χ4n) is 8.13. The fraction of sp³-hybridized carbons (Fsp3) is 0.824. The van der Waals surface area contributed by atoms with Crippen LogP contribution in [0.15, 0.2) is 41.8 Å². The molecule has 0 spiro atoms. The molecule has 1 heterocycles. The van der Waals surface area contributed by atoms with Crippen molar-refractivity contribution in [1.29, 1.82) is 0 Å². The number of aliphatic hydroxyl groups is 1. The van der Waals surface area contributed by atoms with Gasteiger partial charge >= 0.3 is 5.97 Å². The molecule has 5 N–H and O–H groups in total. The monoisotopic (exact) mass is 972 g/mol. The number of hydrogen-bond donors (Lipinski definition) is 3. The van der Waals surface area contributed by atoms with Crippen molar-refractivity contribution in [2.24, 2.45) is 68.6 Å². The van der Waals surface area contributed by atoms with Crippen LogP contribution in [0.4, 0.5) is 0 Å². The van der Waals surface area contributed by atoms with E-state index in [0.717, 1.165) is 23.0 Å².